The standard InChI is InChI=1S/C11H18N2O2S/c1-4-13(16(3,14)15)11-7-9(2)5-6-10(11)8-12/h5-7H,4,8,12H2,1-3H3. The highest BCUT2D eigenvalue weighted by Crippen LogP contribution is 2.23. The van der Waals surface area contributed by atoms with E-state index in [4.69, 9.17) is 5.73 Å². The Morgan fingerprint density at radius 2 is 2.00 bits per heavy atom. The fraction of sp³-hybridized carbons (Fsp3) is 0.455. The van der Waals surface area contributed by atoms with Gasteiger partial charge in [-0.25, -0.2) is 8.42 Å². The second-order valence-electron chi connectivity index (χ2n) is 3.76. The van der Waals surface area contributed by atoms with Crippen LogP contribution in [0.15, 0.2) is 18.2 Å². The van der Waals surface area contributed by atoms with Gasteiger partial charge in [0.2, 0.25) is 10.0 Å². The first-order chi connectivity index (χ1) is 7.40. The molecule has 1 aromatic carbocycles. The van der Waals surface area contributed by atoms with E-state index in [1.807, 2.05) is 32.0 Å². The molecule has 0 amide bonds. The largest absolute Gasteiger partial charge is 0.326 e. The average Bonchev–Trinajstić information content (AvgIpc) is 2.17. The Morgan fingerprint density at radius 1 is 1.38 bits per heavy atom. The lowest BCUT2D eigenvalue weighted by molar-refractivity contribution is 0.597. The summed E-state index contributed by atoms with van der Waals surface area (Å²) < 4.78 is 24.6. The first kappa shape index (κ1) is 13.0. The highest BCUT2D eigenvalue weighted by Gasteiger charge is 2.17. The summed E-state index contributed by atoms with van der Waals surface area (Å²) in [6.07, 6.45) is 1.21. The second-order valence-corrected chi connectivity index (χ2v) is 5.67. The minimum atomic E-state index is -3.24. The number of rotatable bonds is 4. The molecule has 0 unspecified atom stereocenters. The summed E-state index contributed by atoms with van der Waals surface area (Å²) in [6, 6.07) is 5.66. The van der Waals surface area contributed by atoms with Crippen LogP contribution < -0.4 is 10.0 Å². The molecule has 0 spiro atoms. The van der Waals surface area contributed by atoms with Crippen molar-refractivity contribution in [3.05, 3.63) is 29.3 Å². The van der Waals surface area contributed by atoms with Gasteiger partial charge in [-0.15, -0.1) is 0 Å². The minimum absolute atomic E-state index is 0.335. The Morgan fingerprint density at radius 3 is 2.44 bits per heavy atom. The summed E-state index contributed by atoms with van der Waals surface area (Å²) in [5, 5.41) is 0. The smallest absolute Gasteiger partial charge is 0.232 e. The van der Waals surface area contributed by atoms with Crippen LogP contribution in [0, 0.1) is 6.92 Å². The summed E-state index contributed by atoms with van der Waals surface area (Å²) in [6.45, 7) is 4.49. The molecule has 0 saturated heterocycles. The molecule has 0 saturated carbocycles. The third kappa shape index (κ3) is 2.74. The first-order valence-corrected chi connectivity index (χ1v) is 7.02. The lowest BCUT2D eigenvalue weighted by Crippen LogP contribution is -2.30. The molecule has 1 aromatic rings. The molecule has 0 aliphatic rings. The van der Waals surface area contributed by atoms with Gasteiger partial charge in [-0.3, -0.25) is 4.31 Å². The number of anilines is 1. The van der Waals surface area contributed by atoms with Crippen molar-refractivity contribution in [3.63, 3.8) is 0 Å². The lowest BCUT2D eigenvalue weighted by Gasteiger charge is -2.23. The van der Waals surface area contributed by atoms with E-state index in [0.29, 0.717) is 18.8 Å². The predicted molar refractivity (Wildman–Crippen MR) is 66.9 cm³/mol. The number of hydrogen-bond acceptors (Lipinski definition) is 3. The van der Waals surface area contributed by atoms with Crippen molar-refractivity contribution in [2.24, 2.45) is 5.73 Å². The summed E-state index contributed by atoms with van der Waals surface area (Å²) in [4.78, 5) is 0. The van der Waals surface area contributed by atoms with Crippen molar-refractivity contribution in [2.45, 2.75) is 20.4 Å². The molecular formula is C11H18N2O2S. The quantitative estimate of drug-likeness (QED) is 0.864. The van der Waals surface area contributed by atoms with E-state index < -0.39 is 10.0 Å². The van der Waals surface area contributed by atoms with Gasteiger partial charge in [-0.2, -0.15) is 0 Å². The molecule has 0 radical (unpaired) electrons. The predicted octanol–water partition coefficient (Wildman–Crippen LogP) is 1.24. The van der Waals surface area contributed by atoms with Gasteiger partial charge in [0.15, 0.2) is 0 Å². The highest BCUT2D eigenvalue weighted by molar-refractivity contribution is 7.92. The van der Waals surface area contributed by atoms with E-state index >= 15 is 0 Å². The molecule has 2 N–H and O–H groups in total. The van der Waals surface area contributed by atoms with Crippen LogP contribution in [0.1, 0.15) is 18.1 Å². The van der Waals surface area contributed by atoms with Gasteiger partial charge >= 0.3 is 0 Å². The fourth-order valence-corrected chi connectivity index (χ4v) is 2.66. The van der Waals surface area contributed by atoms with E-state index in [9.17, 15) is 8.42 Å². The average molecular weight is 242 g/mol. The molecular weight excluding hydrogens is 224 g/mol. The van der Waals surface area contributed by atoms with Gasteiger partial charge in [-0.1, -0.05) is 12.1 Å². The molecule has 0 aliphatic carbocycles. The van der Waals surface area contributed by atoms with Gasteiger partial charge in [0, 0.05) is 13.1 Å². The van der Waals surface area contributed by atoms with E-state index in [2.05, 4.69) is 0 Å². The van der Waals surface area contributed by atoms with Crippen LogP contribution in [-0.4, -0.2) is 21.2 Å². The highest BCUT2D eigenvalue weighted by atomic mass is 32.2. The van der Waals surface area contributed by atoms with Crippen molar-refractivity contribution in [3.8, 4) is 0 Å². The Hall–Kier alpha value is -1.07. The Balaban J connectivity index is 3.34. The van der Waals surface area contributed by atoms with Gasteiger partial charge < -0.3 is 5.73 Å². The SMILES string of the molecule is CCN(c1cc(C)ccc1CN)S(C)(=O)=O. The van der Waals surface area contributed by atoms with Crippen molar-refractivity contribution >= 4 is 15.7 Å². The van der Waals surface area contributed by atoms with E-state index in [1.165, 1.54) is 10.6 Å². The summed E-state index contributed by atoms with van der Waals surface area (Å²) in [5.74, 6) is 0. The second kappa shape index (κ2) is 4.84. The molecule has 0 heterocycles. The molecule has 0 atom stereocenters. The van der Waals surface area contributed by atoms with Crippen molar-refractivity contribution in [1.29, 1.82) is 0 Å². The molecule has 16 heavy (non-hydrogen) atoms. The number of hydrogen-bond donors (Lipinski definition) is 1. The van der Waals surface area contributed by atoms with Crippen LogP contribution in [0.25, 0.3) is 0 Å². The third-order valence-corrected chi connectivity index (χ3v) is 3.67. The number of aryl methyl sites for hydroxylation is 1. The minimum Gasteiger partial charge on any atom is -0.326 e. The molecule has 0 aromatic heterocycles. The zero-order valence-corrected chi connectivity index (χ0v) is 10.7. The summed E-state index contributed by atoms with van der Waals surface area (Å²) >= 11 is 0. The molecule has 90 valence electrons. The van der Waals surface area contributed by atoms with Crippen LogP contribution in [0.3, 0.4) is 0 Å². The molecule has 4 nitrogen and oxygen atoms in total. The zero-order valence-electron chi connectivity index (χ0n) is 9.90. The van der Waals surface area contributed by atoms with Crippen LogP contribution in [0.5, 0.6) is 0 Å². The van der Waals surface area contributed by atoms with Crippen LogP contribution in [0.2, 0.25) is 0 Å². The lowest BCUT2D eigenvalue weighted by atomic mass is 10.1. The van der Waals surface area contributed by atoms with Crippen molar-refractivity contribution in [2.75, 3.05) is 17.1 Å². The normalized spacial score (nSPS) is 11.5. The molecule has 0 bridgehead atoms. The van der Waals surface area contributed by atoms with Crippen LogP contribution >= 0.6 is 0 Å². The molecule has 5 heteroatoms. The monoisotopic (exact) mass is 242 g/mol. The fourth-order valence-electron chi connectivity index (χ4n) is 1.66. The van der Waals surface area contributed by atoms with Crippen LogP contribution in [0.4, 0.5) is 5.69 Å². The molecule has 1 rings (SSSR count). The third-order valence-electron chi connectivity index (χ3n) is 2.42. The maximum Gasteiger partial charge on any atom is 0.232 e. The van der Waals surface area contributed by atoms with Gasteiger partial charge in [0.25, 0.3) is 0 Å². The maximum absolute atomic E-state index is 11.6. The van der Waals surface area contributed by atoms with Gasteiger partial charge in [0.1, 0.15) is 0 Å². The molecule has 0 fully saturated rings. The van der Waals surface area contributed by atoms with Gasteiger partial charge in [-0.05, 0) is 31.0 Å². The maximum atomic E-state index is 11.6. The summed E-state index contributed by atoms with van der Waals surface area (Å²) in [7, 11) is -3.24. The summed E-state index contributed by atoms with van der Waals surface area (Å²) in [5.41, 5.74) is 8.17. The Kier molecular flexibility index (Phi) is 3.93. The number of nitrogens with two attached hydrogens (primary N) is 1. The number of sulfonamides is 1. The van der Waals surface area contributed by atoms with Crippen LogP contribution in [-0.2, 0) is 16.6 Å². The number of benzene rings is 1. The topological polar surface area (TPSA) is 63.4 Å². The van der Waals surface area contributed by atoms with Crippen molar-refractivity contribution < 1.29 is 8.42 Å². The number of nitrogens with zero attached hydrogens (tertiary/aromatic N) is 1. The van der Waals surface area contributed by atoms with E-state index in [-0.39, 0.29) is 0 Å². The Labute approximate surface area is 97.1 Å². The van der Waals surface area contributed by atoms with Crippen molar-refractivity contribution in [1.82, 2.24) is 0 Å². The van der Waals surface area contributed by atoms with Gasteiger partial charge in [0.05, 0.1) is 11.9 Å². The van der Waals surface area contributed by atoms with E-state index in [0.717, 1.165) is 11.1 Å². The molecule has 0 aliphatic heterocycles. The zero-order chi connectivity index (χ0) is 12.3. The van der Waals surface area contributed by atoms with E-state index in [1.54, 1.807) is 0 Å². The first-order valence-electron chi connectivity index (χ1n) is 5.17. The Bertz CT molecular complexity index is 469.